The molecule has 4 heteroatoms. The molecule has 0 aliphatic rings. The standard InChI is InChI=1S/C10H14N2O2/c1-10(2,14-3)4-9(13)8-5-11-7-12-6-8/h5-7H,4H2,1-3H3. The second-order valence-corrected chi connectivity index (χ2v) is 3.69. The van der Waals surface area contributed by atoms with E-state index in [1.54, 1.807) is 7.11 Å². The smallest absolute Gasteiger partial charge is 0.168 e. The maximum atomic E-state index is 11.7. The monoisotopic (exact) mass is 194 g/mol. The van der Waals surface area contributed by atoms with Crippen molar-refractivity contribution in [2.24, 2.45) is 0 Å². The molecule has 0 unspecified atom stereocenters. The van der Waals surface area contributed by atoms with Crippen molar-refractivity contribution in [2.45, 2.75) is 25.9 Å². The van der Waals surface area contributed by atoms with Crippen LogP contribution in [-0.2, 0) is 4.74 Å². The maximum absolute atomic E-state index is 11.7. The first kappa shape index (κ1) is 10.8. The molecule has 0 aromatic carbocycles. The lowest BCUT2D eigenvalue weighted by atomic mass is 9.99. The van der Waals surface area contributed by atoms with E-state index in [4.69, 9.17) is 4.74 Å². The number of Topliss-reactive ketones (excluding diaryl/α,β-unsaturated/α-hetero) is 1. The number of ether oxygens (including phenoxy) is 1. The van der Waals surface area contributed by atoms with Crippen molar-refractivity contribution in [1.29, 1.82) is 0 Å². The molecule has 0 N–H and O–H groups in total. The Labute approximate surface area is 83.3 Å². The molecule has 0 spiro atoms. The van der Waals surface area contributed by atoms with Crippen molar-refractivity contribution in [3.63, 3.8) is 0 Å². The van der Waals surface area contributed by atoms with Gasteiger partial charge in [-0.25, -0.2) is 9.97 Å². The van der Waals surface area contributed by atoms with Crippen molar-refractivity contribution in [1.82, 2.24) is 9.97 Å². The summed E-state index contributed by atoms with van der Waals surface area (Å²) in [6.45, 7) is 3.74. The van der Waals surface area contributed by atoms with Crippen molar-refractivity contribution in [3.8, 4) is 0 Å². The van der Waals surface area contributed by atoms with Gasteiger partial charge in [0.05, 0.1) is 11.2 Å². The minimum atomic E-state index is -0.438. The average Bonchev–Trinajstić information content (AvgIpc) is 2.19. The van der Waals surface area contributed by atoms with E-state index in [1.807, 2.05) is 13.8 Å². The Morgan fingerprint density at radius 2 is 2.00 bits per heavy atom. The zero-order valence-corrected chi connectivity index (χ0v) is 8.65. The first-order valence-corrected chi connectivity index (χ1v) is 4.38. The van der Waals surface area contributed by atoms with Crippen LogP contribution in [0.5, 0.6) is 0 Å². The van der Waals surface area contributed by atoms with Gasteiger partial charge in [-0.05, 0) is 13.8 Å². The van der Waals surface area contributed by atoms with Crippen molar-refractivity contribution < 1.29 is 9.53 Å². The van der Waals surface area contributed by atoms with Gasteiger partial charge in [0.25, 0.3) is 0 Å². The van der Waals surface area contributed by atoms with E-state index in [-0.39, 0.29) is 5.78 Å². The van der Waals surface area contributed by atoms with Crippen molar-refractivity contribution >= 4 is 5.78 Å². The molecule has 0 saturated carbocycles. The number of hydrogen-bond donors (Lipinski definition) is 0. The van der Waals surface area contributed by atoms with Gasteiger partial charge in [0, 0.05) is 25.9 Å². The van der Waals surface area contributed by atoms with Gasteiger partial charge in [-0.2, -0.15) is 0 Å². The fourth-order valence-corrected chi connectivity index (χ4v) is 1.00. The van der Waals surface area contributed by atoms with Gasteiger partial charge in [-0.1, -0.05) is 0 Å². The summed E-state index contributed by atoms with van der Waals surface area (Å²) in [4.78, 5) is 19.2. The van der Waals surface area contributed by atoms with E-state index in [0.29, 0.717) is 12.0 Å². The average molecular weight is 194 g/mol. The second-order valence-electron chi connectivity index (χ2n) is 3.69. The van der Waals surface area contributed by atoms with Gasteiger partial charge in [-0.3, -0.25) is 4.79 Å². The summed E-state index contributed by atoms with van der Waals surface area (Å²) in [5, 5.41) is 0. The number of hydrogen-bond acceptors (Lipinski definition) is 4. The summed E-state index contributed by atoms with van der Waals surface area (Å²) in [7, 11) is 1.59. The molecule has 76 valence electrons. The Balaban J connectivity index is 2.69. The van der Waals surface area contributed by atoms with Gasteiger partial charge in [-0.15, -0.1) is 0 Å². The number of carbonyl (C=O) groups excluding carboxylic acids is 1. The van der Waals surface area contributed by atoms with Crippen molar-refractivity contribution in [3.05, 3.63) is 24.3 Å². The zero-order chi connectivity index (χ0) is 10.6. The Morgan fingerprint density at radius 1 is 1.43 bits per heavy atom. The van der Waals surface area contributed by atoms with E-state index in [2.05, 4.69) is 9.97 Å². The third kappa shape index (κ3) is 2.88. The van der Waals surface area contributed by atoms with Gasteiger partial charge in [0.1, 0.15) is 6.33 Å². The van der Waals surface area contributed by atoms with Crippen LogP contribution in [0.2, 0.25) is 0 Å². The molecule has 14 heavy (non-hydrogen) atoms. The molecule has 0 amide bonds. The normalized spacial score (nSPS) is 11.4. The van der Waals surface area contributed by atoms with E-state index >= 15 is 0 Å². The van der Waals surface area contributed by atoms with Gasteiger partial charge in [0.2, 0.25) is 0 Å². The number of methoxy groups -OCH3 is 1. The molecule has 0 bridgehead atoms. The fourth-order valence-electron chi connectivity index (χ4n) is 1.00. The molecular weight excluding hydrogens is 180 g/mol. The quantitative estimate of drug-likeness (QED) is 0.681. The van der Waals surface area contributed by atoms with Crippen LogP contribution in [0.1, 0.15) is 30.6 Å². The molecule has 0 aliphatic heterocycles. The number of nitrogens with zero attached hydrogens (tertiary/aromatic N) is 2. The highest BCUT2D eigenvalue weighted by molar-refractivity contribution is 5.96. The molecule has 4 nitrogen and oxygen atoms in total. The number of aromatic nitrogens is 2. The van der Waals surface area contributed by atoms with Crippen LogP contribution in [0.25, 0.3) is 0 Å². The lowest BCUT2D eigenvalue weighted by molar-refractivity contribution is 0.0172. The van der Waals surface area contributed by atoms with Gasteiger partial charge in [0.15, 0.2) is 5.78 Å². The predicted molar refractivity (Wildman–Crippen MR) is 52.1 cm³/mol. The summed E-state index contributed by atoms with van der Waals surface area (Å²) in [5.74, 6) is -0.00236. The molecule has 1 aromatic rings. The summed E-state index contributed by atoms with van der Waals surface area (Å²) >= 11 is 0. The minimum absolute atomic E-state index is 0.00236. The first-order chi connectivity index (χ1) is 6.55. The van der Waals surface area contributed by atoms with Gasteiger partial charge >= 0.3 is 0 Å². The third-order valence-electron chi connectivity index (χ3n) is 2.02. The number of carbonyl (C=O) groups is 1. The molecule has 1 rings (SSSR count). The molecule has 0 atom stereocenters. The summed E-state index contributed by atoms with van der Waals surface area (Å²) in [6, 6.07) is 0. The molecule has 1 aromatic heterocycles. The van der Waals surface area contributed by atoms with E-state index in [9.17, 15) is 4.79 Å². The summed E-state index contributed by atoms with van der Waals surface area (Å²) in [5.41, 5.74) is 0.0880. The SMILES string of the molecule is COC(C)(C)CC(=O)c1cncnc1. The minimum Gasteiger partial charge on any atom is -0.378 e. The Hall–Kier alpha value is -1.29. The predicted octanol–water partition coefficient (Wildman–Crippen LogP) is 1.47. The largest absolute Gasteiger partial charge is 0.378 e. The lowest BCUT2D eigenvalue weighted by Crippen LogP contribution is -2.26. The zero-order valence-electron chi connectivity index (χ0n) is 8.65. The molecule has 0 radical (unpaired) electrons. The number of rotatable bonds is 4. The van der Waals surface area contributed by atoms with Crippen LogP contribution < -0.4 is 0 Å². The van der Waals surface area contributed by atoms with E-state index < -0.39 is 5.60 Å². The van der Waals surface area contributed by atoms with Crippen LogP contribution in [0, 0.1) is 0 Å². The number of ketones is 1. The molecule has 0 aliphatic carbocycles. The van der Waals surface area contributed by atoms with Crippen LogP contribution in [-0.4, -0.2) is 28.5 Å². The maximum Gasteiger partial charge on any atom is 0.168 e. The topological polar surface area (TPSA) is 52.1 Å². The Kier molecular flexibility index (Phi) is 3.30. The Bertz CT molecular complexity index is 309. The third-order valence-corrected chi connectivity index (χ3v) is 2.02. The van der Waals surface area contributed by atoms with Crippen LogP contribution in [0.15, 0.2) is 18.7 Å². The van der Waals surface area contributed by atoms with Gasteiger partial charge < -0.3 is 4.74 Å². The second kappa shape index (κ2) is 4.28. The highest BCUT2D eigenvalue weighted by Crippen LogP contribution is 2.15. The highest BCUT2D eigenvalue weighted by atomic mass is 16.5. The van der Waals surface area contributed by atoms with Crippen LogP contribution >= 0.6 is 0 Å². The fraction of sp³-hybridized carbons (Fsp3) is 0.500. The van der Waals surface area contributed by atoms with Crippen LogP contribution in [0.3, 0.4) is 0 Å². The molecular formula is C10H14N2O2. The first-order valence-electron chi connectivity index (χ1n) is 4.38. The lowest BCUT2D eigenvalue weighted by Gasteiger charge is -2.21. The Morgan fingerprint density at radius 3 is 2.50 bits per heavy atom. The summed E-state index contributed by atoms with van der Waals surface area (Å²) < 4.78 is 5.17. The molecule has 1 heterocycles. The highest BCUT2D eigenvalue weighted by Gasteiger charge is 2.21. The van der Waals surface area contributed by atoms with Crippen LogP contribution in [0.4, 0.5) is 0 Å². The van der Waals surface area contributed by atoms with E-state index in [0.717, 1.165) is 0 Å². The summed E-state index contributed by atoms with van der Waals surface area (Å²) in [6.07, 6.45) is 4.76. The molecule has 0 fully saturated rings. The van der Waals surface area contributed by atoms with Crippen molar-refractivity contribution in [2.75, 3.05) is 7.11 Å². The van der Waals surface area contributed by atoms with E-state index in [1.165, 1.54) is 18.7 Å². The molecule has 0 saturated heterocycles.